The molecule has 4 nitrogen and oxygen atoms in total. The molecule has 1 unspecified atom stereocenters. The van der Waals surface area contributed by atoms with Crippen LogP contribution in [0.3, 0.4) is 0 Å². The largest absolute Gasteiger partial charge is 0.457 e. The van der Waals surface area contributed by atoms with Crippen LogP contribution in [0, 0.1) is 0 Å². The minimum Gasteiger partial charge on any atom is -0.457 e. The summed E-state index contributed by atoms with van der Waals surface area (Å²) < 4.78 is 6.04. The van der Waals surface area contributed by atoms with Crippen LogP contribution in [0.5, 0.6) is 0 Å². The summed E-state index contributed by atoms with van der Waals surface area (Å²) in [4.78, 5) is 13.5. The lowest BCUT2D eigenvalue weighted by Gasteiger charge is -2.17. The van der Waals surface area contributed by atoms with E-state index in [0.717, 1.165) is 27.0 Å². The predicted octanol–water partition coefficient (Wildman–Crippen LogP) is 2.87. The minimum atomic E-state index is 0.0365. The minimum absolute atomic E-state index is 0.0365. The first kappa shape index (κ1) is 13.4. The Bertz CT molecular complexity index is 666. The number of furan rings is 1. The number of rotatable bonds is 3. The van der Waals surface area contributed by atoms with Crippen LogP contribution in [0.4, 0.5) is 5.69 Å². The summed E-state index contributed by atoms with van der Waals surface area (Å²) in [5.74, 6) is 0.141. The summed E-state index contributed by atoms with van der Waals surface area (Å²) in [5.41, 5.74) is 4.25. The van der Waals surface area contributed by atoms with Crippen molar-refractivity contribution < 1.29 is 9.21 Å². The van der Waals surface area contributed by atoms with E-state index in [-0.39, 0.29) is 11.9 Å². The monoisotopic (exact) mass is 334 g/mol. The predicted molar refractivity (Wildman–Crippen MR) is 80.9 cm³/mol. The van der Waals surface area contributed by atoms with Crippen molar-refractivity contribution in [2.45, 2.75) is 12.5 Å². The lowest BCUT2D eigenvalue weighted by Crippen LogP contribution is -2.20. The molecule has 0 saturated carbocycles. The number of nitrogens with one attached hydrogen (secondary N) is 1. The van der Waals surface area contributed by atoms with Crippen LogP contribution in [-0.2, 0) is 11.2 Å². The van der Waals surface area contributed by atoms with Crippen LogP contribution in [-0.4, -0.2) is 20.0 Å². The molecule has 1 aliphatic heterocycles. The second kappa shape index (κ2) is 5.07. The molecule has 1 amide bonds. The van der Waals surface area contributed by atoms with Gasteiger partial charge >= 0.3 is 0 Å². The quantitative estimate of drug-likeness (QED) is 0.938. The fraction of sp³-hybridized carbons (Fsp3) is 0.267. The van der Waals surface area contributed by atoms with Gasteiger partial charge in [0.1, 0.15) is 0 Å². The second-order valence-corrected chi connectivity index (χ2v) is 5.61. The van der Waals surface area contributed by atoms with E-state index in [0.29, 0.717) is 6.42 Å². The SMILES string of the molecule is CNC(c1ccc2c(c1)CC(=O)N2C)c1ccoc1Br. The molecule has 2 aromatic rings. The van der Waals surface area contributed by atoms with Gasteiger partial charge in [-0.3, -0.25) is 4.79 Å². The third kappa shape index (κ3) is 2.07. The number of likely N-dealkylation sites (N-methyl/N-ethyl adjacent to an activating group) is 1. The molecule has 5 heteroatoms. The van der Waals surface area contributed by atoms with E-state index >= 15 is 0 Å². The summed E-state index contributed by atoms with van der Waals surface area (Å²) in [6, 6.07) is 8.13. The molecule has 1 aliphatic rings. The van der Waals surface area contributed by atoms with Gasteiger partial charge in [0.2, 0.25) is 5.91 Å². The first-order valence-electron chi connectivity index (χ1n) is 6.41. The van der Waals surface area contributed by atoms with Gasteiger partial charge in [0.15, 0.2) is 4.67 Å². The Morgan fingerprint density at radius 3 is 2.85 bits per heavy atom. The molecule has 0 spiro atoms. The molecule has 0 fully saturated rings. The van der Waals surface area contributed by atoms with Gasteiger partial charge in [-0.1, -0.05) is 12.1 Å². The fourth-order valence-corrected chi connectivity index (χ4v) is 3.15. The number of amides is 1. The molecule has 1 atom stereocenters. The number of hydrogen-bond acceptors (Lipinski definition) is 3. The lowest BCUT2D eigenvalue weighted by molar-refractivity contribution is -0.117. The van der Waals surface area contributed by atoms with Crippen molar-refractivity contribution in [2.24, 2.45) is 0 Å². The van der Waals surface area contributed by atoms with E-state index < -0.39 is 0 Å². The standard InChI is InChI=1S/C15H15BrN2O2/c1-17-14(11-5-6-20-15(11)16)9-3-4-12-10(7-9)8-13(19)18(12)2/h3-7,14,17H,8H2,1-2H3. The fourth-order valence-electron chi connectivity index (χ4n) is 2.68. The zero-order chi connectivity index (χ0) is 14.3. The van der Waals surface area contributed by atoms with Crippen LogP contribution in [0.2, 0.25) is 0 Å². The summed E-state index contributed by atoms with van der Waals surface area (Å²) in [5, 5.41) is 3.29. The second-order valence-electron chi connectivity index (χ2n) is 4.89. The van der Waals surface area contributed by atoms with Crippen LogP contribution in [0.15, 0.2) is 39.6 Å². The van der Waals surface area contributed by atoms with Crippen molar-refractivity contribution in [3.05, 3.63) is 51.9 Å². The Labute approximate surface area is 125 Å². The Balaban J connectivity index is 2.01. The van der Waals surface area contributed by atoms with Gasteiger partial charge in [0.25, 0.3) is 0 Å². The Hall–Kier alpha value is -1.59. The maximum absolute atomic E-state index is 11.8. The van der Waals surface area contributed by atoms with Gasteiger partial charge in [-0.15, -0.1) is 0 Å². The number of halogens is 1. The summed E-state index contributed by atoms with van der Waals surface area (Å²) in [6.07, 6.45) is 2.14. The maximum atomic E-state index is 11.8. The molecule has 3 rings (SSSR count). The van der Waals surface area contributed by atoms with Gasteiger partial charge in [-0.2, -0.15) is 0 Å². The Morgan fingerprint density at radius 2 is 2.20 bits per heavy atom. The highest BCUT2D eigenvalue weighted by atomic mass is 79.9. The molecule has 20 heavy (non-hydrogen) atoms. The first-order chi connectivity index (χ1) is 9.61. The highest BCUT2D eigenvalue weighted by Crippen LogP contribution is 2.34. The number of hydrogen-bond donors (Lipinski definition) is 1. The van der Waals surface area contributed by atoms with E-state index in [1.54, 1.807) is 11.2 Å². The van der Waals surface area contributed by atoms with E-state index in [9.17, 15) is 4.79 Å². The van der Waals surface area contributed by atoms with Crippen molar-refractivity contribution in [1.29, 1.82) is 0 Å². The maximum Gasteiger partial charge on any atom is 0.231 e. The number of fused-ring (bicyclic) bond motifs is 1. The van der Waals surface area contributed by atoms with Crippen LogP contribution < -0.4 is 10.2 Å². The molecule has 0 radical (unpaired) electrons. The molecule has 104 valence electrons. The Kier molecular flexibility index (Phi) is 3.40. The number of nitrogens with zero attached hydrogens (tertiary/aromatic N) is 1. The molecule has 0 aliphatic carbocycles. The number of carbonyl (C=O) groups is 1. The first-order valence-corrected chi connectivity index (χ1v) is 7.20. The number of carbonyl (C=O) groups excluding carboxylic acids is 1. The molecule has 2 heterocycles. The van der Waals surface area contributed by atoms with Gasteiger partial charge in [-0.05, 0) is 46.2 Å². The molecule has 1 aromatic heterocycles. The van der Waals surface area contributed by atoms with Crippen molar-refractivity contribution >= 4 is 27.5 Å². The molecule has 0 saturated heterocycles. The van der Waals surface area contributed by atoms with Gasteiger partial charge in [-0.25, -0.2) is 0 Å². The van der Waals surface area contributed by atoms with Gasteiger partial charge in [0, 0.05) is 18.3 Å². The van der Waals surface area contributed by atoms with Crippen molar-refractivity contribution in [3.63, 3.8) is 0 Å². The zero-order valence-corrected chi connectivity index (χ0v) is 12.9. The lowest BCUT2D eigenvalue weighted by atomic mass is 9.98. The van der Waals surface area contributed by atoms with Crippen LogP contribution in [0.1, 0.15) is 22.7 Å². The third-order valence-electron chi connectivity index (χ3n) is 3.76. The van der Waals surface area contributed by atoms with Crippen molar-refractivity contribution in [3.8, 4) is 0 Å². The normalized spacial score (nSPS) is 15.6. The molecule has 0 bridgehead atoms. The topological polar surface area (TPSA) is 45.5 Å². The highest BCUT2D eigenvalue weighted by Gasteiger charge is 2.26. The van der Waals surface area contributed by atoms with E-state index in [1.165, 1.54) is 0 Å². The smallest absolute Gasteiger partial charge is 0.231 e. The summed E-state index contributed by atoms with van der Waals surface area (Å²) in [6.45, 7) is 0. The molecular formula is C15H15BrN2O2. The van der Waals surface area contributed by atoms with Crippen molar-refractivity contribution in [1.82, 2.24) is 5.32 Å². The van der Waals surface area contributed by atoms with Crippen LogP contribution >= 0.6 is 15.9 Å². The van der Waals surface area contributed by atoms with E-state index in [1.807, 2.05) is 26.2 Å². The number of anilines is 1. The summed E-state index contributed by atoms with van der Waals surface area (Å²) in [7, 11) is 3.73. The van der Waals surface area contributed by atoms with Crippen LogP contribution in [0.25, 0.3) is 0 Å². The average Bonchev–Trinajstić information content (AvgIpc) is 2.96. The highest BCUT2D eigenvalue weighted by molar-refractivity contribution is 9.10. The molecule has 1 aromatic carbocycles. The summed E-state index contributed by atoms with van der Waals surface area (Å²) >= 11 is 3.42. The van der Waals surface area contributed by atoms with Gasteiger partial charge in [0.05, 0.1) is 18.7 Å². The molecule has 1 N–H and O–H groups in total. The van der Waals surface area contributed by atoms with Crippen molar-refractivity contribution in [2.75, 3.05) is 19.0 Å². The van der Waals surface area contributed by atoms with Gasteiger partial charge < -0.3 is 14.6 Å². The zero-order valence-electron chi connectivity index (χ0n) is 11.3. The van der Waals surface area contributed by atoms with E-state index in [4.69, 9.17) is 4.42 Å². The third-order valence-corrected chi connectivity index (χ3v) is 4.40. The Morgan fingerprint density at radius 1 is 1.40 bits per heavy atom. The molecular weight excluding hydrogens is 320 g/mol. The average molecular weight is 335 g/mol. The number of benzene rings is 1. The van der Waals surface area contributed by atoms with E-state index in [2.05, 4.69) is 33.4 Å².